The van der Waals surface area contributed by atoms with Gasteiger partial charge in [-0.25, -0.2) is 0 Å². The van der Waals surface area contributed by atoms with Crippen molar-refractivity contribution < 1.29 is 14.3 Å². The second kappa shape index (κ2) is 6.69. The van der Waals surface area contributed by atoms with Crippen molar-refractivity contribution in [3.63, 3.8) is 0 Å². The van der Waals surface area contributed by atoms with Crippen LogP contribution in [-0.4, -0.2) is 49.5 Å². The van der Waals surface area contributed by atoms with Gasteiger partial charge in [0, 0.05) is 26.7 Å². The minimum Gasteiger partial charge on any atom is -0.367 e. The van der Waals surface area contributed by atoms with E-state index in [-0.39, 0.29) is 17.9 Å². The summed E-state index contributed by atoms with van der Waals surface area (Å²) in [6.07, 6.45) is -0.250. The van der Waals surface area contributed by atoms with Crippen molar-refractivity contribution in [1.82, 2.24) is 10.2 Å². The Hall–Kier alpha value is -1.92. The Morgan fingerprint density at radius 2 is 2.05 bits per heavy atom. The molecule has 1 aliphatic heterocycles. The second-order valence-corrected chi connectivity index (χ2v) is 5.14. The molecule has 1 fully saturated rings. The highest BCUT2D eigenvalue weighted by Crippen LogP contribution is 2.25. The molecule has 1 aromatic carbocycles. The van der Waals surface area contributed by atoms with E-state index in [1.54, 1.807) is 7.05 Å². The second-order valence-electron chi connectivity index (χ2n) is 5.14. The number of benzene rings is 1. The number of methoxy groups -OCH3 is 1. The highest BCUT2D eigenvalue weighted by molar-refractivity contribution is 5.90. The molecule has 0 aromatic heterocycles. The van der Waals surface area contributed by atoms with E-state index in [0.717, 1.165) is 5.56 Å². The number of nitrogens with zero attached hydrogens (tertiary/aromatic N) is 1. The summed E-state index contributed by atoms with van der Waals surface area (Å²) in [6, 6.07) is 8.51. The third-order valence-corrected chi connectivity index (χ3v) is 3.73. The van der Waals surface area contributed by atoms with Gasteiger partial charge in [0.15, 0.2) is 6.10 Å². The summed E-state index contributed by atoms with van der Waals surface area (Å²) < 4.78 is 5.34. The molecule has 0 bridgehead atoms. The van der Waals surface area contributed by atoms with Crippen molar-refractivity contribution in [2.24, 2.45) is 5.73 Å². The van der Waals surface area contributed by atoms with E-state index in [2.05, 4.69) is 5.32 Å². The Labute approximate surface area is 124 Å². The fraction of sp³-hybridized carbons (Fsp3) is 0.467. The molecule has 1 aliphatic rings. The third-order valence-electron chi connectivity index (χ3n) is 3.73. The molecular formula is C15H21N3O3. The molecule has 1 aromatic rings. The highest BCUT2D eigenvalue weighted by atomic mass is 16.5. The largest absolute Gasteiger partial charge is 0.367 e. The lowest BCUT2D eigenvalue weighted by Crippen LogP contribution is -2.47. The molecule has 2 rings (SSSR count). The Balaban J connectivity index is 2.22. The van der Waals surface area contributed by atoms with Gasteiger partial charge in [0.25, 0.3) is 5.91 Å². The van der Waals surface area contributed by atoms with Crippen molar-refractivity contribution in [3.8, 4) is 0 Å². The molecule has 114 valence electrons. The number of nitrogens with two attached hydrogens (primary N) is 1. The van der Waals surface area contributed by atoms with E-state index < -0.39 is 12.1 Å². The van der Waals surface area contributed by atoms with Gasteiger partial charge in [-0.1, -0.05) is 30.3 Å². The van der Waals surface area contributed by atoms with Gasteiger partial charge in [-0.3, -0.25) is 9.59 Å². The van der Waals surface area contributed by atoms with Crippen LogP contribution in [0.2, 0.25) is 0 Å². The minimum atomic E-state index is -0.719. The monoisotopic (exact) mass is 291 g/mol. The summed E-state index contributed by atoms with van der Waals surface area (Å²) in [5.41, 5.74) is 6.68. The van der Waals surface area contributed by atoms with Crippen LogP contribution in [0.1, 0.15) is 18.1 Å². The Kier molecular flexibility index (Phi) is 4.93. The van der Waals surface area contributed by atoms with Gasteiger partial charge >= 0.3 is 0 Å². The average Bonchev–Trinajstić information content (AvgIpc) is 2.90. The molecular weight excluding hydrogens is 270 g/mol. The van der Waals surface area contributed by atoms with Gasteiger partial charge in [-0.15, -0.1) is 0 Å². The van der Waals surface area contributed by atoms with Crippen LogP contribution in [0.15, 0.2) is 30.3 Å². The molecule has 3 atom stereocenters. The summed E-state index contributed by atoms with van der Waals surface area (Å²) >= 11 is 0. The molecule has 0 radical (unpaired) electrons. The molecule has 0 unspecified atom stereocenters. The predicted molar refractivity (Wildman–Crippen MR) is 78.4 cm³/mol. The average molecular weight is 291 g/mol. The molecule has 0 aliphatic carbocycles. The lowest BCUT2D eigenvalue weighted by molar-refractivity contribution is -0.147. The number of carbonyl (C=O) groups is 2. The lowest BCUT2D eigenvalue weighted by atomic mass is 10.1. The molecule has 2 amide bonds. The molecule has 1 saturated heterocycles. The first-order valence-corrected chi connectivity index (χ1v) is 6.94. The van der Waals surface area contributed by atoms with Crippen LogP contribution in [0.5, 0.6) is 0 Å². The van der Waals surface area contributed by atoms with E-state index in [9.17, 15) is 9.59 Å². The van der Waals surface area contributed by atoms with E-state index in [1.165, 1.54) is 12.0 Å². The summed E-state index contributed by atoms with van der Waals surface area (Å²) in [5, 5.41) is 2.58. The van der Waals surface area contributed by atoms with Crippen LogP contribution >= 0.6 is 0 Å². The van der Waals surface area contributed by atoms with Gasteiger partial charge in [0.2, 0.25) is 5.91 Å². The number of hydrogen-bond donors (Lipinski definition) is 2. The number of rotatable bonds is 4. The van der Waals surface area contributed by atoms with Crippen LogP contribution in [-0.2, 0) is 14.3 Å². The maximum Gasteiger partial charge on any atom is 0.257 e. The van der Waals surface area contributed by atoms with Gasteiger partial charge in [-0.05, 0) is 12.0 Å². The van der Waals surface area contributed by atoms with Crippen LogP contribution in [0.25, 0.3) is 0 Å². The number of hydrogen-bond acceptors (Lipinski definition) is 4. The zero-order chi connectivity index (χ0) is 15.4. The minimum absolute atomic E-state index is 0.190. The van der Waals surface area contributed by atoms with E-state index >= 15 is 0 Å². The van der Waals surface area contributed by atoms with Crippen LogP contribution in [0.4, 0.5) is 0 Å². The predicted octanol–water partition coefficient (Wildman–Crippen LogP) is 0.0483. The molecule has 6 nitrogen and oxygen atoms in total. The van der Waals surface area contributed by atoms with Crippen LogP contribution < -0.4 is 11.1 Å². The third kappa shape index (κ3) is 3.22. The number of likely N-dealkylation sites (tertiary alicyclic amines) is 1. The maximum atomic E-state index is 12.7. The van der Waals surface area contributed by atoms with Crippen molar-refractivity contribution in [2.45, 2.75) is 24.6 Å². The normalized spacial score (nSPS) is 22.9. The molecule has 21 heavy (non-hydrogen) atoms. The standard InChI is InChI=1S/C15H21N3O3/c1-17-14(19)12-8-11(16)9-18(12)15(20)13(21-2)10-6-4-3-5-7-10/h3-7,11-13H,8-9,16H2,1-2H3,(H,17,19)/t11-,12+,13+/m1/s1. The maximum absolute atomic E-state index is 12.7. The van der Waals surface area contributed by atoms with Crippen molar-refractivity contribution in [1.29, 1.82) is 0 Å². The first kappa shape index (κ1) is 15.5. The summed E-state index contributed by atoms with van der Waals surface area (Å²) in [7, 11) is 3.04. The topological polar surface area (TPSA) is 84.7 Å². The summed E-state index contributed by atoms with van der Waals surface area (Å²) in [4.78, 5) is 26.2. The van der Waals surface area contributed by atoms with E-state index in [0.29, 0.717) is 13.0 Å². The molecule has 3 N–H and O–H groups in total. The summed E-state index contributed by atoms with van der Waals surface area (Å²) in [6.45, 7) is 0.365. The Morgan fingerprint density at radius 3 is 2.62 bits per heavy atom. The highest BCUT2D eigenvalue weighted by Gasteiger charge is 2.40. The zero-order valence-corrected chi connectivity index (χ0v) is 12.3. The fourth-order valence-corrected chi connectivity index (χ4v) is 2.69. The fourth-order valence-electron chi connectivity index (χ4n) is 2.69. The summed E-state index contributed by atoms with van der Waals surface area (Å²) in [5.74, 6) is -0.426. The number of likely N-dealkylation sites (N-methyl/N-ethyl adjacent to an activating group) is 1. The number of nitrogens with one attached hydrogen (secondary N) is 1. The van der Waals surface area contributed by atoms with Gasteiger partial charge in [0.1, 0.15) is 6.04 Å². The smallest absolute Gasteiger partial charge is 0.257 e. The molecule has 0 spiro atoms. The number of ether oxygens (including phenoxy) is 1. The van der Waals surface area contributed by atoms with Gasteiger partial charge in [-0.2, -0.15) is 0 Å². The Bertz CT molecular complexity index is 506. The molecule has 0 saturated carbocycles. The lowest BCUT2D eigenvalue weighted by Gasteiger charge is -2.27. The molecule has 6 heteroatoms. The van der Waals surface area contributed by atoms with Gasteiger partial charge < -0.3 is 20.7 Å². The van der Waals surface area contributed by atoms with Crippen LogP contribution in [0.3, 0.4) is 0 Å². The van der Waals surface area contributed by atoms with E-state index in [4.69, 9.17) is 10.5 Å². The number of amides is 2. The van der Waals surface area contributed by atoms with Crippen molar-refractivity contribution in [3.05, 3.63) is 35.9 Å². The Morgan fingerprint density at radius 1 is 1.38 bits per heavy atom. The first-order chi connectivity index (χ1) is 10.1. The molecule has 1 heterocycles. The quantitative estimate of drug-likeness (QED) is 0.821. The van der Waals surface area contributed by atoms with Crippen molar-refractivity contribution >= 4 is 11.8 Å². The van der Waals surface area contributed by atoms with Crippen LogP contribution in [0, 0.1) is 0 Å². The number of carbonyl (C=O) groups excluding carboxylic acids is 2. The first-order valence-electron chi connectivity index (χ1n) is 6.94. The van der Waals surface area contributed by atoms with Crippen molar-refractivity contribution in [2.75, 3.05) is 20.7 Å². The zero-order valence-electron chi connectivity index (χ0n) is 12.3. The van der Waals surface area contributed by atoms with Gasteiger partial charge in [0.05, 0.1) is 0 Å². The SMILES string of the molecule is CNC(=O)[C@@H]1C[C@@H](N)CN1C(=O)[C@@H](OC)c1ccccc1. The van der Waals surface area contributed by atoms with E-state index in [1.807, 2.05) is 30.3 Å².